The summed E-state index contributed by atoms with van der Waals surface area (Å²) in [5.41, 5.74) is 4.22. The van der Waals surface area contributed by atoms with E-state index in [1.165, 1.54) is 0 Å². The highest BCUT2D eigenvalue weighted by Gasteiger charge is 2.21. The van der Waals surface area contributed by atoms with Crippen LogP contribution in [0.15, 0.2) is 42.5 Å². The highest BCUT2D eigenvalue weighted by molar-refractivity contribution is 6.31. The predicted octanol–water partition coefficient (Wildman–Crippen LogP) is 4.79. The maximum absolute atomic E-state index is 10.6. The summed E-state index contributed by atoms with van der Waals surface area (Å²) in [6.45, 7) is 6.08. The molecule has 0 aliphatic rings. The molecule has 0 saturated heterocycles. The first-order chi connectivity index (χ1) is 9.00. The van der Waals surface area contributed by atoms with Gasteiger partial charge in [0.2, 0.25) is 0 Å². The van der Waals surface area contributed by atoms with E-state index in [0.717, 1.165) is 22.3 Å². The molecule has 2 heteroatoms. The molecule has 2 rings (SSSR count). The maximum atomic E-state index is 10.6. The summed E-state index contributed by atoms with van der Waals surface area (Å²) in [4.78, 5) is 0. The average Bonchev–Trinajstić information content (AvgIpc) is 2.42. The lowest BCUT2D eigenvalue weighted by Crippen LogP contribution is -2.09. The quantitative estimate of drug-likeness (QED) is 0.853. The van der Waals surface area contributed by atoms with E-state index in [4.69, 9.17) is 11.6 Å². The zero-order chi connectivity index (χ0) is 14.0. The molecule has 0 spiro atoms. The molecule has 0 amide bonds. The van der Waals surface area contributed by atoms with E-state index in [1.54, 1.807) is 0 Å². The second-order valence-corrected chi connectivity index (χ2v) is 5.51. The van der Waals surface area contributed by atoms with Crippen molar-refractivity contribution in [3.63, 3.8) is 0 Å². The fourth-order valence-electron chi connectivity index (χ4n) is 2.24. The molecule has 2 atom stereocenters. The Balaban J connectivity index is 2.34. The largest absolute Gasteiger partial charge is 0.388 e. The summed E-state index contributed by atoms with van der Waals surface area (Å²) in [6, 6.07) is 13.9. The van der Waals surface area contributed by atoms with E-state index >= 15 is 0 Å². The lowest BCUT2D eigenvalue weighted by Gasteiger charge is -2.21. The molecule has 0 aromatic heterocycles. The number of aliphatic hydroxyl groups is 1. The second kappa shape index (κ2) is 5.77. The molecule has 0 radical (unpaired) electrons. The first-order valence-corrected chi connectivity index (χ1v) is 6.88. The van der Waals surface area contributed by atoms with Gasteiger partial charge in [-0.15, -0.1) is 0 Å². The predicted molar refractivity (Wildman–Crippen MR) is 80.7 cm³/mol. The van der Waals surface area contributed by atoms with Gasteiger partial charge in [-0.2, -0.15) is 0 Å². The van der Waals surface area contributed by atoms with Crippen LogP contribution >= 0.6 is 11.6 Å². The molecular formula is C17H19ClO. The first-order valence-electron chi connectivity index (χ1n) is 6.50. The van der Waals surface area contributed by atoms with Crippen LogP contribution in [0.2, 0.25) is 5.02 Å². The summed E-state index contributed by atoms with van der Waals surface area (Å²) in [7, 11) is 0. The van der Waals surface area contributed by atoms with Gasteiger partial charge in [-0.3, -0.25) is 0 Å². The average molecular weight is 275 g/mol. The van der Waals surface area contributed by atoms with Crippen LogP contribution in [0.5, 0.6) is 0 Å². The minimum absolute atomic E-state index is 0.0146. The Kier molecular flexibility index (Phi) is 4.28. The van der Waals surface area contributed by atoms with Gasteiger partial charge in [-0.1, -0.05) is 54.9 Å². The highest BCUT2D eigenvalue weighted by Crippen LogP contribution is 2.35. The van der Waals surface area contributed by atoms with Gasteiger partial charge in [0.1, 0.15) is 0 Å². The molecule has 2 aromatic rings. The topological polar surface area (TPSA) is 20.2 Å². The van der Waals surface area contributed by atoms with Crippen molar-refractivity contribution in [1.29, 1.82) is 0 Å². The van der Waals surface area contributed by atoms with E-state index in [-0.39, 0.29) is 5.92 Å². The van der Waals surface area contributed by atoms with E-state index in [1.807, 2.05) is 63.2 Å². The van der Waals surface area contributed by atoms with Crippen molar-refractivity contribution in [2.45, 2.75) is 32.8 Å². The monoisotopic (exact) mass is 274 g/mol. The maximum Gasteiger partial charge on any atom is 0.0870 e. The van der Waals surface area contributed by atoms with Gasteiger partial charge in [0, 0.05) is 10.9 Å². The van der Waals surface area contributed by atoms with Crippen molar-refractivity contribution in [2.24, 2.45) is 0 Å². The molecule has 0 heterocycles. The number of aliphatic hydroxyl groups excluding tert-OH is 1. The van der Waals surface area contributed by atoms with E-state index in [0.29, 0.717) is 5.02 Å². The van der Waals surface area contributed by atoms with E-state index < -0.39 is 6.10 Å². The number of benzene rings is 2. The zero-order valence-electron chi connectivity index (χ0n) is 11.5. The molecule has 0 aliphatic heterocycles. The number of aryl methyl sites for hydroxylation is 2. The van der Waals surface area contributed by atoms with E-state index in [9.17, 15) is 5.11 Å². The van der Waals surface area contributed by atoms with Gasteiger partial charge in [0.15, 0.2) is 0 Å². The first kappa shape index (κ1) is 14.1. The fraction of sp³-hybridized carbons (Fsp3) is 0.294. The Bertz CT molecular complexity index is 563. The molecule has 2 aromatic carbocycles. The van der Waals surface area contributed by atoms with Crippen LogP contribution in [0.3, 0.4) is 0 Å². The van der Waals surface area contributed by atoms with E-state index in [2.05, 4.69) is 0 Å². The zero-order valence-corrected chi connectivity index (χ0v) is 12.3. The fourth-order valence-corrected chi connectivity index (χ4v) is 2.57. The Morgan fingerprint density at radius 1 is 1.00 bits per heavy atom. The highest BCUT2D eigenvalue weighted by atomic mass is 35.5. The van der Waals surface area contributed by atoms with Crippen LogP contribution in [0.4, 0.5) is 0 Å². The SMILES string of the molecule is Cc1cc(Cl)c(C(O)C(C)c2ccccc2)cc1C. The summed E-state index contributed by atoms with van der Waals surface area (Å²) >= 11 is 6.27. The van der Waals surface area contributed by atoms with Crippen LogP contribution in [-0.2, 0) is 0 Å². The van der Waals surface area contributed by atoms with Crippen molar-refractivity contribution >= 4 is 11.6 Å². The molecule has 0 fully saturated rings. The van der Waals surface area contributed by atoms with Crippen molar-refractivity contribution < 1.29 is 5.11 Å². The summed E-state index contributed by atoms with van der Waals surface area (Å²) in [6.07, 6.45) is -0.589. The van der Waals surface area contributed by atoms with Crippen molar-refractivity contribution in [2.75, 3.05) is 0 Å². The van der Waals surface area contributed by atoms with Crippen molar-refractivity contribution in [3.8, 4) is 0 Å². The minimum atomic E-state index is -0.589. The van der Waals surface area contributed by atoms with Gasteiger partial charge in [0.05, 0.1) is 6.10 Å². The smallest absolute Gasteiger partial charge is 0.0870 e. The molecule has 0 aliphatic carbocycles. The van der Waals surface area contributed by atoms with Crippen molar-refractivity contribution in [1.82, 2.24) is 0 Å². The van der Waals surface area contributed by atoms with Crippen LogP contribution in [0.1, 0.15) is 41.2 Å². The molecular weight excluding hydrogens is 256 g/mol. The van der Waals surface area contributed by atoms with Gasteiger partial charge in [-0.25, -0.2) is 0 Å². The van der Waals surface area contributed by atoms with Gasteiger partial charge < -0.3 is 5.11 Å². The third-order valence-electron chi connectivity index (χ3n) is 3.73. The van der Waals surface area contributed by atoms with Crippen LogP contribution in [0, 0.1) is 13.8 Å². The number of hydrogen-bond donors (Lipinski definition) is 1. The molecule has 100 valence electrons. The normalized spacial score (nSPS) is 14.2. The van der Waals surface area contributed by atoms with Crippen molar-refractivity contribution in [3.05, 3.63) is 69.7 Å². The van der Waals surface area contributed by atoms with Crippen LogP contribution < -0.4 is 0 Å². The molecule has 1 nitrogen and oxygen atoms in total. The van der Waals surface area contributed by atoms with Crippen LogP contribution in [0.25, 0.3) is 0 Å². The Labute approximate surface area is 119 Å². The third-order valence-corrected chi connectivity index (χ3v) is 4.06. The molecule has 2 unspecified atom stereocenters. The Hall–Kier alpha value is -1.31. The standard InChI is InChI=1S/C17H19ClO/c1-11-9-15(16(18)10-12(11)2)17(19)13(3)14-7-5-4-6-8-14/h4-10,13,17,19H,1-3H3. The lowest BCUT2D eigenvalue weighted by molar-refractivity contribution is 0.151. The summed E-state index contributed by atoms with van der Waals surface area (Å²) < 4.78 is 0. The summed E-state index contributed by atoms with van der Waals surface area (Å²) in [5, 5.41) is 11.2. The molecule has 1 N–H and O–H groups in total. The molecule has 0 saturated carbocycles. The Morgan fingerprint density at radius 3 is 2.21 bits per heavy atom. The number of halogens is 1. The van der Waals surface area contributed by atoms with Crippen LogP contribution in [-0.4, -0.2) is 5.11 Å². The lowest BCUT2D eigenvalue weighted by atomic mass is 9.89. The minimum Gasteiger partial charge on any atom is -0.388 e. The summed E-state index contributed by atoms with van der Waals surface area (Å²) in [5.74, 6) is 0.0146. The molecule has 0 bridgehead atoms. The number of hydrogen-bond acceptors (Lipinski definition) is 1. The second-order valence-electron chi connectivity index (χ2n) is 5.10. The molecule has 19 heavy (non-hydrogen) atoms. The number of rotatable bonds is 3. The van der Waals surface area contributed by atoms with Gasteiger partial charge in [-0.05, 0) is 42.2 Å². The van der Waals surface area contributed by atoms with Gasteiger partial charge >= 0.3 is 0 Å². The Morgan fingerprint density at radius 2 is 1.58 bits per heavy atom. The van der Waals surface area contributed by atoms with Gasteiger partial charge in [0.25, 0.3) is 0 Å². The third kappa shape index (κ3) is 2.99.